The van der Waals surface area contributed by atoms with Crippen LogP contribution in [0.4, 0.5) is 10.7 Å². The van der Waals surface area contributed by atoms with E-state index in [9.17, 15) is 24.5 Å². The van der Waals surface area contributed by atoms with Gasteiger partial charge >= 0.3 is 11.9 Å². The van der Waals surface area contributed by atoms with Crippen LogP contribution in [-0.4, -0.2) is 36.0 Å². The third kappa shape index (κ3) is 5.38. The molecule has 0 spiro atoms. The quantitative estimate of drug-likeness (QED) is 0.393. The van der Waals surface area contributed by atoms with E-state index in [4.69, 9.17) is 9.47 Å². The average Bonchev–Trinajstić information content (AvgIpc) is 3.01. The number of esters is 2. The van der Waals surface area contributed by atoms with Crippen LogP contribution in [0.25, 0.3) is 0 Å². The predicted octanol–water partition coefficient (Wildman–Crippen LogP) is 3.50. The van der Waals surface area contributed by atoms with Crippen LogP contribution in [0.3, 0.4) is 0 Å². The van der Waals surface area contributed by atoms with E-state index < -0.39 is 29.4 Å². The summed E-state index contributed by atoms with van der Waals surface area (Å²) in [5.74, 6) is -1.94. The van der Waals surface area contributed by atoms with E-state index in [1.165, 1.54) is 35.6 Å². The van der Waals surface area contributed by atoms with Gasteiger partial charge in [0.15, 0.2) is 6.61 Å². The van der Waals surface area contributed by atoms with Crippen LogP contribution < -0.4 is 5.32 Å². The topological polar surface area (TPSA) is 125 Å². The minimum absolute atomic E-state index is 0.0795. The fourth-order valence-corrected chi connectivity index (χ4v) is 3.68. The maximum atomic E-state index is 12.2. The molecule has 1 aromatic carbocycles. The van der Waals surface area contributed by atoms with Crippen molar-refractivity contribution in [3.8, 4) is 0 Å². The smallest absolute Gasteiger partial charge is 0.341 e. The number of nitro groups is 1. The van der Waals surface area contributed by atoms with Gasteiger partial charge in [0.05, 0.1) is 22.7 Å². The lowest BCUT2D eigenvalue weighted by Crippen LogP contribution is -2.21. The molecule has 1 N–H and O–H groups in total. The number of hydrogen-bond acceptors (Lipinski definition) is 8. The van der Waals surface area contributed by atoms with Crippen LogP contribution in [-0.2, 0) is 20.7 Å². The summed E-state index contributed by atoms with van der Waals surface area (Å²) in [5.41, 5.74) is 0.958. The standard InChI is InChI=1S/C19H20N2O7S/c1-4-14-11(3)16(19(24)27-5-2)17(29-14)20-15(22)10-28-18(23)12-6-8-13(9-7-12)21(25)26/h6-9H,4-5,10H2,1-3H3,(H,20,22). The first-order valence-electron chi connectivity index (χ1n) is 8.79. The summed E-state index contributed by atoms with van der Waals surface area (Å²) in [6, 6.07) is 4.83. The van der Waals surface area contributed by atoms with Gasteiger partial charge in [0.1, 0.15) is 5.00 Å². The number of aryl methyl sites for hydroxylation is 1. The zero-order valence-electron chi connectivity index (χ0n) is 16.1. The molecule has 29 heavy (non-hydrogen) atoms. The van der Waals surface area contributed by atoms with Gasteiger partial charge in [-0.3, -0.25) is 14.9 Å². The van der Waals surface area contributed by atoms with Crippen molar-refractivity contribution in [3.05, 3.63) is 55.9 Å². The second-order valence-electron chi connectivity index (χ2n) is 5.86. The maximum Gasteiger partial charge on any atom is 0.341 e. The van der Waals surface area contributed by atoms with Crippen molar-refractivity contribution in [2.24, 2.45) is 0 Å². The highest BCUT2D eigenvalue weighted by Gasteiger charge is 2.23. The van der Waals surface area contributed by atoms with E-state index in [1.54, 1.807) is 13.8 Å². The molecule has 0 atom stereocenters. The monoisotopic (exact) mass is 420 g/mol. The molecule has 0 unspecified atom stereocenters. The highest BCUT2D eigenvalue weighted by atomic mass is 32.1. The molecular weight excluding hydrogens is 400 g/mol. The summed E-state index contributed by atoms with van der Waals surface area (Å²) < 4.78 is 10.00. The molecule has 0 aliphatic heterocycles. The molecular formula is C19H20N2O7S. The SMILES string of the molecule is CCOC(=O)c1c(NC(=O)COC(=O)c2ccc([N+](=O)[O-])cc2)sc(CC)c1C. The summed E-state index contributed by atoms with van der Waals surface area (Å²) >= 11 is 1.27. The highest BCUT2D eigenvalue weighted by molar-refractivity contribution is 7.17. The van der Waals surface area contributed by atoms with Crippen molar-refractivity contribution >= 4 is 39.9 Å². The van der Waals surface area contributed by atoms with Gasteiger partial charge in [-0.25, -0.2) is 9.59 Å². The Morgan fingerprint density at radius 3 is 2.31 bits per heavy atom. The Kier molecular flexibility index (Phi) is 7.43. The van der Waals surface area contributed by atoms with Crippen LogP contribution in [0.5, 0.6) is 0 Å². The Morgan fingerprint density at radius 2 is 1.76 bits per heavy atom. The number of nitrogens with zero attached hydrogens (tertiary/aromatic N) is 1. The minimum Gasteiger partial charge on any atom is -0.462 e. The lowest BCUT2D eigenvalue weighted by atomic mass is 10.1. The summed E-state index contributed by atoms with van der Waals surface area (Å²) in [6.07, 6.45) is 0.688. The molecule has 0 bridgehead atoms. The number of rotatable bonds is 8. The molecule has 0 saturated heterocycles. The number of thiophene rings is 1. The molecule has 154 valence electrons. The Hall–Kier alpha value is -3.27. The van der Waals surface area contributed by atoms with Gasteiger partial charge in [0, 0.05) is 17.0 Å². The van der Waals surface area contributed by atoms with E-state index >= 15 is 0 Å². The van der Waals surface area contributed by atoms with E-state index in [-0.39, 0.29) is 17.9 Å². The molecule has 0 aliphatic carbocycles. The number of carbonyl (C=O) groups is 3. The third-order valence-electron chi connectivity index (χ3n) is 3.95. The zero-order valence-corrected chi connectivity index (χ0v) is 17.0. The van der Waals surface area contributed by atoms with Crippen molar-refractivity contribution in [3.63, 3.8) is 0 Å². The fraction of sp³-hybridized carbons (Fsp3) is 0.316. The number of non-ortho nitro benzene ring substituents is 1. The molecule has 0 aliphatic rings. The van der Waals surface area contributed by atoms with E-state index in [0.717, 1.165) is 10.4 Å². The molecule has 1 aromatic heterocycles. The fourth-order valence-electron chi connectivity index (χ4n) is 2.53. The summed E-state index contributed by atoms with van der Waals surface area (Å²) in [7, 11) is 0. The Balaban J connectivity index is 2.04. The number of amides is 1. The Bertz CT molecular complexity index is 935. The van der Waals surface area contributed by atoms with Crippen molar-refractivity contribution in [2.75, 3.05) is 18.5 Å². The maximum absolute atomic E-state index is 12.2. The molecule has 1 amide bonds. The van der Waals surface area contributed by atoms with Gasteiger partial charge in [-0.1, -0.05) is 6.92 Å². The van der Waals surface area contributed by atoms with Crippen LogP contribution in [0.1, 0.15) is 45.0 Å². The normalized spacial score (nSPS) is 10.3. The number of nitrogens with one attached hydrogen (secondary N) is 1. The third-order valence-corrected chi connectivity index (χ3v) is 5.30. The van der Waals surface area contributed by atoms with Gasteiger partial charge in [-0.05, 0) is 38.0 Å². The molecule has 2 aromatic rings. The van der Waals surface area contributed by atoms with Crippen molar-refractivity contribution < 1.29 is 28.8 Å². The first-order valence-corrected chi connectivity index (χ1v) is 9.60. The molecule has 2 rings (SSSR count). The number of carbonyl (C=O) groups excluding carboxylic acids is 3. The highest BCUT2D eigenvalue weighted by Crippen LogP contribution is 2.34. The summed E-state index contributed by atoms with van der Waals surface area (Å²) in [5, 5.41) is 13.6. The largest absolute Gasteiger partial charge is 0.462 e. The first kappa shape index (κ1) is 22.0. The predicted molar refractivity (Wildman–Crippen MR) is 106 cm³/mol. The van der Waals surface area contributed by atoms with Crippen LogP contribution in [0, 0.1) is 17.0 Å². The Morgan fingerprint density at radius 1 is 1.10 bits per heavy atom. The minimum atomic E-state index is -0.794. The van der Waals surface area contributed by atoms with Crippen LogP contribution in [0.2, 0.25) is 0 Å². The zero-order chi connectivity index (χ0) is 21.6. The molecule has 0 fully saturated rings. The van der Waals surface area contributed by atoms with Crippen LogP contribution in [0.15, 0.2) is 24.3 Å². The molecule has 1 heterocycles. The second-order valence-corrected chi connectivity index (χ2v) is 6.96. The van der Waals surface area contributed by atoms with Crippen molar-refractivity contribution in [1.29, 1.82) is 0 Å². The molecule has 9 nitrogen and oxygen atoms in total. The summed E-state index contributed by atoms with van der Waals surface area (Å²) in [6.45, 7) is 5.04. The van der Waals surface area contributed by atoms with Gasteiger partial charge < -0.3 is 14.8 Å². The number of anilines is 1. The Labute approximate surface area is 170 Å². The lowest BCUT2D eigenvalue weighted by molar-refractivity contribution is -0.384. The van der Waals surface area contributed by atoms with Crippen LogP contribution >= 0.6 is 11.3 Å². The van der Waals surface area contributed by atoms with Crippen molar-refractivity contribution in [1.82, 2.24) is 0 Å². The van der Waals surface area contributed by atoms with Gasteiger partial charge in [0.25, 0.3) is 11.6 Å². The number of nitro benzene ring substituents is 1. The van der Waals surface area contributed by atoms with E-state index in [0.29, 0.717) is 17.0 Å². The van der Waals surface area contributed by atoms with Crippen molar-refractivity contribution in [2.45, 2.75) is 27.2 Å². The molecule has 0 radical (unpaired) electrons. The lowest BCUT2D eigenvalue weighted by Gasteiger charge is -2.08. The average molecular weight is 420 g/mol. The molecule has 10 heteroatoms. The van der Waals surface area contributed by atoms with Gasteiger partial charge in [-0.2, -0.15) is 0 Å². The van der Waals surface area contributed by atoms with E-state index in [1.807, 2.05) is 6.92 Å². The number of benzene rings is 1. The first-order chi connectivity index (χ1) is 13.8. The second kappa shape index (κ2) is 9.78. The number of ether oxygens (including phenoxy) is 2. The molecule has 0 saturated carbocycles. The van der Waals surface area contributed by atoms with E-state index in [2.05, 4.69) is 5.32 Å². The summed E-state index contributed by atoms with van der Waals surface area (Å²) in [4.78, 5) is 47.4. The number of hydrogen-bond donors (Lipinski definition) is 1. The van der Waals surface area contributed by atoms with Gasteiger partial charge in [-0.15, -0.1) is 11.3 Å². The van der Waals surface area contributed by atoms with Gasteiger partial charge in [0.2, 0.25) is 0 Å².